The van der Waals surface area contributed by atoms with Crippen LogP contribution in [0.5, 0.6) is 0 Å². The summed E-state index contributed by atoms with van der Waals surface area (Å²) in [6, 6.07) is -0.356. The topological polar surface area (TPSA) is 78.9 Å². The fourth-order valence-corrected chi connectivity index (χ4v) is 3.04. The summed E-state index contributed by atoms with van der Waals surface area (Å²) >= 11 is 1.95. The second-order valence-corrected chi connectivity index (χ2v) is 5.69. The molecule has 3 N–H and O–H groups in total. The van der Waals surface area contributed by atoms with Gasteiger partial charge in [0.15, 0.2) is 5.84 Å². The number of rotatable bonds is 4. The number of carbonyl (C=O) groups excluding carboxylic acids is 1. The van der Waals surface area contributed by atoms with Crippen LogP contribution < -0.4 is 5.73 Å². The summed E-state index contributed by atoms with van der Waals surface area (Å²) in [6.07, 6.45) is 2.80. The molecule has 0 aromatic rings. The van der Waals surface area contributed by atoms with Crippen molar-refractivity contribution < 1.29 is 10.0 Å². The van der Waals surface area contributed by atoms with Crippen molar-refractivity contribution in [2.45, 2.75) is 32.2 Å². The summed E-state index contributed by atoms with van der Waals surface area (Å²) in [7, 11) is 1.70. The Kier molecular flexibility index (Phi) is 5.61. The van der Waals surface area contributed by atoms with E-state index in [2.05, 4.69) is 5.16 Å². The van der Waals surface area contributed by atoms with Gasteiger partial charge < -0.3 is 15.8 Å². The van der Waals surface area contributed by atoms with Gasteiger partial charge in [0, 0.05) is 13.5 Å². The lowest BCUT2D eigenvalue weighted by molar-refractivity contribution is -0.131. The van der Waals surface area contributed by atoms with E-state index in [0.29, 0.717) is 12.3 Å². The lowest BCUT2D eigenvalue weighted by atomic mass is 9.98. The molecule has 1 saturated heterocycles. The van der Waals surface area contributed by atoms with Gasteiger partial charge in [-0.1, -0.05) is 5.16 Å². The molecule has 0 radical (unpaired) electrons. The molecule has 1 atom stereocenters. The van der Waals surface area contributed by atoms with Gasteiger partial charge in [-0.3, -0.25) is 4.79 Å². The maximum atomic E-state index is 12.0. The van der Waals surface area contributed by atoms with Crippen molar-refractivity contribution >= 4 is 23.5 Å². The average molecular weight is 259 g/mol. The maximum Gasteiger partial charge on any atom is 0.223 e. The van der Waals surface area contributed by atoms with Crippen molar-refractivity contribution in [3.63, 3.8) is 0 Å². The van der Waals surface area contributed by atoms with Gasteiger partial charge >= 0.3 is 0 Å². The van der Waals surface area contributed by atoms with E-state index in [0.717, 1.165) is 24.3 Å². The van der Waals surface area contributed by atoms with Gasteiger partial charge in [-0.15, -0.1) is 0 Å². The molecule has 1 unspecified atom stereocenters. The lowest BCUT2D eigenvalue weighted by Crippen LogP contribution is -2.44. The van der Waals surface area contributed by atoms with E-state index in [9.17, 15) is 4.79 Å². The third-order valence-corrected chi connectivity index (χ3v) is 4.37. The zero-order chi connectivity index (χ0) is 12.8. The lowest BCUT2D eigenvalue weighted by Gasteiger charge is -2.27. The Hall–Kier alpha value is -0.910. The molecule has 0 aliphatic carbocycles. The fraction of sp³-hybridized carbons (Fsp3) is 0.818. The summed E-state index contributed by atoms with van der Waals surface area (Å²) in [4.78, 5) is 13.6. The first-order chi connectivity index (χ1) is 8.06. The number of amidine groups is 1. The zero-order valence-corrected chi connectivity index (χ0v) is 11.2. The van der Waals surface area contributed by atoms with E-state index in [1.165, 1.54) is 0 Å². The largest absolute Gasteiger partial charge is 0.409 e. The van der Waals surface area contributed by atoms with E-state index in [1.807, 2.05) is 11.8 Å². The highest BCUT2D eigenvalue weighted by Crippen LogP contribution is 2.25. The molecule has 1 rings (SSSR count). The molecule has 17 heavy (non-hydrogen) atoms. The van der Waals surface area contributed by atoms with Crippen molar-refractivity contribution in [2.24, 2.45) is 16.8 Å². The molecule has 1 amide bonds. The summed E-state index contributed by atoms with van der Waals surface area (Å²) in [5, 5.41) is 11.5. The van der Waals surface area contributed by atoms with E-state index in [-0.39, 0.29) is 17.8 Å². The number of likely N-dealkylation sites (N-methyl/N-ethyl adjacent to an activating group) is 1. The van der Waals surface area contributed by atoms with Gasteiger partial charge in [-0.05, 0) is 37.2 Å². The molecule has 1 fully saturated rings. The smallest absolute Gasteiger partial charge is 0.223 e. The van der Waals surface area contributed by atoms with Crippen molar-refractivity contribution in [3.05, 3.63) is 0 Å². The van der Waals surface area contributed by atoms with E-state index in [4.69, 9.17) is 10.9 Å². The van der Waals surface area contributed by atoms with Crippen molar-refractivity contribution in [2.75, 3.05) is 18.6 Å². The molecule has 0 spiro atoms. The van der Waals surface area contributed by atoms with Crippen LogP contribution in [0, 0.1) is 5.92 Å². The molecule has 0 aromatic heterocycles. The highest BCUT2D eigenvalue weighted by Gasteiger charge is 2.23. The SMILES string of the molecule is CC(C(N)=NO)N(C)C(=O)CC1CCSCC1. The first-order valence-corrected chi connectivity index (χ1v) is 7.02. The molecular weight excluding hydrogens is 238 g/mol. The molecule has 0 bridgehead atoms. The summed E-state index contributed by atoms with van der Waals surface area (Å²) in [5.74, 6) is 2.93. The molecular formula is C11H21N3O2S. The minimum Gasteiger partial charge on any atom is -0.409 e. The number of nitrogens with zero attached hydrogens (tertiary/aromatic N) is 2. The van der Waals surface area contributed by atoms with Gasteiger partial charge in [0.2, 0.25) is 5.91 Å². The number of hydrogen-bond donors (Lipinski definition) is 2. The number of oxime groups is 1. The Morgan fingerprint density at radius 1 is 1.59 bits per heavy atom. The molecule has 0 saturated carbocycles. The standard InChI is InChI=1S/C11H21N3O2S/c1-8(11(12)13-16)14(2)10(15)7-9-3-5-17-6-4-9/h8-9,16H,3-7H2,1-2H3,(H2,12,13). The van der Waals surface area contributed by atoms with Crippen LogP contribution in [-0.2, 0) is 4.79 Å². The Morgan fingerprint density at radius 2 is 2.18 bits per heavy atom. The third-order valence-electron chi connectivity index (χ3n) is 3.32. The van der Waals surface area contributed by atoms with Crippen molar-refractivity contribution in [3.8, 4) is 0 Å². The minimum atomic E-state index is -0.356. The zero-order valence-electron chi connectivity index (χ0n) is 10.4. The van der Waals surface area contributed by atoms with Crippen molar-refractivity contribution in [1.29, 1.82) is 0 Å². The van der Waals surface area contributed by atoms with Gasteiger partial charge in [0.05, 0.1) is 6.04 Å². The average Bonchev–Trinajstić information content (AvgIpc) is 2.37. The number of hydrogen-bond acceptors (Lipinski definition) is 4. The summed E-state index contributed by atoms with van der Waals surface area (Å²) < 4.78 is 0. The van der Waals surface area contributed by atoms with E-state index in [1.54, 1.807) is 18.9 Å². The van der Waals surface area contributed by atoms with Crippen LogP contribution in [0.3, 0.4) is 0 Å². The van der Waals surface area contributed by atoms with E-state index >= 15 is 0 Å². The van der Waals surface area contributed by atoms with Crippen LogP contribution in [0.2, 0.25) is 0 Å². The van der Waals surface area contributed by atoms with Crippen LogP contribution in [0.15, 0.2) is 5.16 Å². The quantitative estimate of drug-likeness (QED) is 0.343. The molecule has 1 aliphatic heterocycles. The number of amides is 1. The predicted octanol–water partition coefficient (Wildman–Crippen LogP) is 1.11. The molecule has 1 aliphatic rings. The van der Waals surface area contributed by atoms with Gasteiger partial charge in [0.1, 0.15) is 0 Å². The molecule has 6 heteroatoms. The van der Waals surface area contributed by atoms with Crippen molar-refractivity contribution in [1.82, 2.24) is 4.90 Å². The monoisotopic (exact) mass is 259 g/mol. The Labute approximate surface area is 106 Å². The van der Waals surface area contributed by atoms with Crippen LogP contribution in [-0.4, -0.2) is 46.4 Å². The minimum absolute atomic E-state index is 0.0695. The van der Waals surface area contributed by atoms with Gasteiger partial charge in [-0.25, -0.2) is 0 Å². The Bertz CT molecular complexity index is 290. The summed E-state index contributed by atoms with van der Waals surface area (Å²) in [5.41, 5.74) is 5.49. The third kappa shape index (κ3) is 4.11. The van der Waals surface area contributed by atoms with Crippen LogP contribution >= 0.6 is 11.8 Å². The van der Waals surface area contributed by atoms with Gasteiger partial charge in [-0.2, -0.15) is 11.8 Å². The first-order valence-electron chi connectivity index (χ1n) is 5.87. The predicted molar refractivity (Wildman–Crippen MR) is 70.3 cm³/mol. The normalized spacial score (nSPS) is 20.0. The first kappa shape index (κ1) is 14.2. The highest BCUT2D eigenvalue weighted by molar-refractivity contribution is 7.99. The second-order valence-electron chi connectivity index (χ2n) is 4.47. The molecule has 5 nitrogen and oxygen atoms in total. The Morgan fingerprint density at radius 3 is 2.71 bits per heavy atom. The summed E-state index contributed by atoms with van der Waals surface area (Å²) in [6.45, 7) is 1.75. The van der Waals surface area contributed by atoms with Crippen LogP contribution in [0.25, 0.3) is 0 Å². The van der Waals surface area contributed by atoms with Crippen LogP contribution in [0.1, 0.15) is 26.2 Å². The molecule has 1 heterocycles. The fourth-order valence-electron chi connectivity index (χ4n) is 1.84. The number of thioether (sulfide) groups is 1. The van der Waals surface area contributed by atoms with Crippen LogP contribution in [0.4, 0.5) is 0 Å². The number of carbonyl (C=O) groups is 1. The second kappa shape index (κ2) is 6.74. The number of nitrogens with two attached hydrogens (primary N) is 1. The Balaban J connectivity index is 2.45. The molecule has 0 aromatic carbocycles. The highest BCUT2D eigenvalue weighted by atomic mass is 32.2. The molecule has 98 valence electrons. The van der Waals surface area contributed by atoms with E-state index < -0.39 is 0 Å². The van der Waals surface area contributed by atoms with Gasteiger partial charge in [0.25, 0.3) is 0 Å². The maximum absolute atomic E-state index is 12.0.